The zero-order valence-electron chi connectivity index (χ0n) is 14.1. The molecule has 0 unspecified atom stereocenters. The standard InChI is InChI=1S/C17H15F2N3O2S3/c1-11-3-2-4-13(9-11)20-16-21-22-17(26-16)25-10-12-5-7-14(8-6-12)27(23,24)15(18)19/h2-9,15H,10H2,1H3,(H,20,21). The summed E-state index contributed by atoms with van der Waals surface area (Å²) in [6.45, 7) is 2.00. The Morgan fingerprint density at radius 1 is 1.15 bits per heavy atom. The lowest BCUT2D eigenvalue weighted by Gasteiger charge is -2.04. The molecule has 0 saturated carbocycles. The first-order valence-corrected chi connectivity index (χ1v) is 11.1. The van der Waals surface area contributed by atoms with Crippen LogP contribution >= 0.6 is 23.1 Å². The Labute approximate surface area is 163 Å². The molecule has 142 valence electrons. The van der Waals surface area contributed by atoms with Crippen molar-refractivity contribution in [3.8, 4) is 0 Å². The smallest absolute Gasteiger partial charge is 0.330 e. The minimum Gasteiger partial charge on any atom is -0.330 e. The molecule has 1 aromatic heterocycles. The summed E-state index contributed by atoms with van der Waals surface area (Å²) >= 11 is 2.83. The molecule has 0 spiro atoms. The zero-order valence-corrected chi connectivity index (χ0v) is 16.5. The van der Waals surface area contributed by atoms with Crippen molar-refractivity contribution in [3.05, 3.63) is 59.7 Å². The highest BCUT2D eigenvalue weighted by atomic mass is 32.2. The van der Waals surface area contributed by atoms with E-state index in [1.54, 1.807) is 0 Å². The van der Waals surface area contributed by atoms with Gasteiger partial charge in [-0.3, -0.25) is 0 Å². The number of anilines is 2. The van der Waals surface area contributed by atoms with Crippen LogP contribution in [-0.4, -0.2) is 24.4 Å². The summed E-state index contributed by atoms with van der Waals surface area (Å²) in [6.07, 6.45) is 0. The average Bonchev–Trinajstić information content (AvgIpc) is 3.07. The first-order chi connectivity index (χ1) is 12.8. The fourth-order valence-corrected chi connectivity index (χ4v) is 4.64. The highest BCUT2D eigenvalue weighted by Crippen LogP contribution is 2.30. The SMILES string of the molecule is Cc1cccc(Nc2nnc(SCc3ccc(S(=O)(=O)C(F)F)cc3)s2)c1. The number of thioether (sulfide) groups is 1. The van der Waals surface area contributed by atoms with Crippen LogP contribution in [0.1, 0.15) is 11.1 Å². The number of aromatic nitrogens is 2. The van der Waals surface area contributed by atoms with Crippen LogP contribution < -0.4 is 5.32 Å². The Morgan fingerprint density at radius 2 is 1.89 bits per heavy atom. The Hall–Kier alpha value is -2.04. The van der Waals surface area contributed by atoms with Gasteiger partial charge in [-0.05, 0) is 42.3 Å². The number of sulfone groups is 1. The maximum absolute atomic E-state index is 12.5. The summed E-state index contributed by atoms with van der Waals surface area (Å²) in [7, 11) is -4.56. The second-order valence-electron chi connectivity index (χ2n) is 5.61. The molecule has 1 heterocycles. The predicted octanol–water partition coefficient (Wildman–Crippen LogP) is 4.88. The molecule has 0 atom stereocenters. The van der Waals surface area contributed by atoms with E-state index in [4.69, 9.17) is 0 Å². The molecule has 0 aliphatic carbocycles. The number of alkyl halides is 2. The molecule has 0 radical (unpaired) electrons. The Morgan fingerprint density at radius 3 is 2.56 bits per heavy atom. The van der Waals surface area contributed by atoms with Crippen LogP contribution in [-0.2, 0) is 15.6 Å². The monoisotopic (exact) mass is 427 g/mol. The Bertz CT molecular complexity index is 1020. The van der Waals surface area contributed by atoms with Gasteiger partial charge in [-0.25, -0.2) is 8.42 Å². The van der Waals surface area contributed by atoms with Crippen LogP contribution in [0, 0.1) is 6.92 Å². The maximum Gasteiger partial charge on any atom is 0.341 e. The van der Waals surface area contributed by atoms with Gasteiger partial charge in [0.25, 0.3) is 0 Å². The molecular weight excluding hydrogens is 412 g/mol. The molecule has 0 bridgehead atoms. The minimum atomic E-state index is -4.56. The van der Waals surface area contributed by atoms with E-state index in [9.17, 15) is 17.2 Å². The number of halogens is 2. The van der Waals surface area contributed by atoms with Gasteiger partial charge >= 0.3 is 5.76 Å². The Kier molecular flexibility index (Phi) is 6.08. The van der Waals surface area contributed by atoms with Crippen molar-refractivity contribution in [2.45, 2.75) is 27.7 Å². The molecule has 27 heavy (non-hydrogen) atoms. The summed E-state index contributed by atoms with van der Waals surface area (Å²) < 4.78 is 48.7. The number of rotatable bonds is 7. The minimum absolute atomic E-state index is 0.383. The van der Waals surface area contributed by atoms with Crippen molar-refractivity contribution in [1.29, 1.82) is 0 Å². The second-order valence-corrected chi connectivity index (χ2v) is 9.72. The van der Waals surface area contributed by atoms with Crippen molar-refractivity contribution < 1.29 is 17.2 Å². The van der Waals surface area contributed by atoms with Crippen molar-refractivity contribution in [3.63, 3.8) is 0 Å². The topological polar surface area (TPSA) is 72.0 Å². The summed E-state index contributed by atoms with van der Waals surface area (Å²) in [5.41, 5.74) is 2.87. The number of hydrogen-bond donors (Lipinski definition) is 1. The molecule has 0 fully saturated rings. The van der Waals surface area contributed by atoms with Crippen LogP contribution in [0.4, 0.5) is 19.6 Å². The highest BCUT2D eigenvalue weighted by molar-refractivity contribution is 8.00. The molecule has 5 nitrogen and oxygen atoms in total. The third kappa shape index (κ3) is 5.02. The van der Waals surface area contributed by atoms with E-state index in [0.717, 1.165) is 21.2 Å². The first kappa shape index (κ1) is 19.7. The largest absolute Gasteiger partial charge is 0.341 e. The quantitative estimate of drug-likeness (QED) is 0.542. The van der Waals surface area contributed by atoms with Crippen LogP contribution in [0.3, 0.4) is 0 Å². The molecule has 0 saturated heterocycles. The molecule has 3 rings (SSSR count). The van der Waals surface area contributed by atoms with Crippen molar-refractivity contribution in [2.75, 3.05) is 5.32 Å². The van der Waals surface area contributed by atoms with Gasteiger partial charge in [0.2, 0.25) is 15.0 Å². The molecule has 2 aromatic carbocycles. The molecule has 3 aromatic rings. The van der Waals surface area contributed by atoms with E-state index >= 15 is 0 Å². The van der Waals surface area contributed by atoms with E-state index in [2.05, 4.69) is 15.5 Å². The van der Waals surface area contributed by atoms with E-state index in [1.807, 2.05) is 31.2 Å². The zero-order chi connectivity index (χ0) is 19.4. The molecule has 0 amide bonds. The number of nitrogens with one attached hydrogen (secondary N) is 1. The van der Waals surface area contributed by atoms with E-state index < -0.39 is 15.6 Å². The molecule has 10 heteroatoms. The van der Waals surface area contributed by atoms with Gasteiger partial charge in [0.05, 0.1) is 4.90 Å². The number of nitrogens with zero attached hydrogens (tertiary/aromatic N) is 2. The van der Waals surface area contributed by atoms with Gasteiger partial charge in [0.15, 0.2) is 4.34 Å². The van der Waals surface area contributed by atoms with E-state index in [-0.39, 0.29) is 4.90 Å². The summed E-state index contributed by atoms with van der Waals surface area (Å²) in [4.78, 5) is -0.383. The fourth-order valence-electron chi connectivity index (χ4n) is 2.19. The summed E-state index contributed by atoms with van der Waals surface area (Å²) in [5.74, 6) is -2.90. The molecule has 0 aliphatic heterocycles. The van der Waals surface area contributed by atoms with Crippen LogP contribution in [0.15, 0.2) is 57.8 Å². The van der Waals surface area contributed by atoms with Crippen LogP contribution in [0.2, 0.25) is 0 Å². The summed E-state index contributed by atoms with van der Waals surface area (Å²) in [5, 5.41) is 12.1. The highest BCUT2D eigenvalue weighted by Gasteiger charge is 2.26. The molecule has 0 aliphatic rings. The maximum atomic E-state index is 12.5. The summed E-state index contributed by atoms with van der Waals surface area (Å²) in [6, 6.07) is 13.3. The predicted molar refractivity (Wildman–Crippen MR) is 104 cm³/mol. The number of aryl methyl sites for hydroxylation is 1. The lowest BCUT2D eigenvalue weighted by molar-refractivity contribution is 0.234. The van der Waals surface area contributed by atoms with E-state index in [0.29, 0.717) is 10.9 Å². The van der Waals surface area contributed by atoms with Crippen LogP contribution in [0.5, 0.6) is 0 Å². The van der Waals surface area contributed by atoms with Gasteiger partial charge in [-0.1, -0.05) is 47.4 Å². The van der Waals surface area contributed by atoms with Crippen LogP contribution in [0.25, 0.3) is 0 Å². The first-order valence-electron chi connectivity index (χ1n) is 7.75. The second kappa shape index (κ2) is 8.32. The van der Waals surface area contributed by atoms with Crippen molar-refractivity contribution >= 4 is 43.8 Å². The van der Waals surface area contributed by atoms with Crippen molar-refractivity contribution in [2.24, 2.45) is 0 Å². The van der Waals surface area contributed by atoms with Gasteiger partial charge in [0.1, 0.15) is 0 Å². The lowest BCUT2D eigenvalue weighted by atomic mass is 10.2. The molecular formula is C17H15F2N3O2S3. The number of benzene rings is 2. The van der Waals surface area contributed by atoms with Gasteiger partial charge in [-0.2, -0.15) is 8.78 Å². The third-order valence-corrected chi connectivity index (χ3v) is 6.97. The van der Waals surface area contributed by atoms with Gasteiger partial charge < -0.3 is 5.32 Å². The fraction of sp³-hybridized carbons (Fsp3) is 0.176. The van der Waals surface area contributed by atoms with Crippen molar-refractivity contribution in [1.82, 2.24) is 10.2 Å². The lowest BCUT2D eigenvalue weighted by Crippen LogP contribution is -2.11. The van der Waals surface area contributed by atoms with E-state index in [1.165, 1.54) is 47.4 Å². The van der Waals surface area contributed by atoms with Gasteiger partial charge in [-0.15, -0.1) is 10.2 Å². The van der Waals surface area contributed by atoms with Gasteiger partial charge in [0, 0.05) is 11.4 Å². The Balaban J connectivity index is 1.60. The number of hydrogen-bond acceptors (Lipinski definition) is 7. The molecule has 1 N–H and O–H groups in total. The average molecular weight is 428 g/mol. The normalized spacial score (nSPS) is 11.7. The third-order valence-electron chi connectivity index (χ3n) is 3.52.